The van der Waals surface area contributed by atoms with Gasteiger partial charge in [-0.05, 0) is 56.8 Å². The molecule has 90 valence electrons. The van der Waals surface area contributed by atoms with Crippen LogP contribution < -0.4 is 10.5 Å². The molecule has 1 rings (SSSR count). The molecule has 0 aromatic heterocycles. The molecule has 0 aliphatic rings. The monoisotopic (exact) mass is 221 g/mol. The predicted octanol–water partition coefficient (Wildman–Crippen LogP) is 3.23. The quantitative estimate of drug-likeness (QED) is 0.828. The summed E-state index contributed by atoms with van der Waals surface area (Å²) in [5.41, 5.74) is 8.13. The molecule has 0 heterocycles. The summed E-state index contributed by atoms with van der Waals surface area (Å²) in [5.74, 6) is 1.51. The topological polar surface area (TPSA) is 35.2 Å². The van der Waals surface area contributed by atoms with E-state index in [4.69, 9.17) is 10.5 Å². The van der Waals surface area contributed by atoms with Crippen molar-refractivity contribution in [1.82, 2.24) is 0 Å². The van der Waals surface area contributed by atoms with Crippen molar-refractivity contribution < 1.29 is 4.74 Å². The first-order chi connectivity index (χ1) is 7.54. The van der Waals surface area contributed by atoms with Gasteiger partial charge in [-0.15, -0.1) is 0 Å². The van der Waals surface area contributed by atoms with Crippen LogP contribution in [0.4, 0.5) is 0 Å². The first-order valence-corrected chi connectivity index (χ1v) is 6.02. The molecule has 1 unspecified atom stereocenters. The smallest absolute Gasteiger partial charge is 0.122 e. The van der Waals surface area contributed by atoms with Crippen molar-refractivity contribution in [2.45, 2.75) is 46.1 Å². The lowest BCUT2D eigenvalue weighted by molar-refractivity contribution is 0.240. The van der Waals surface area contributed by atoms with Crippen LogP contribution >= 0.6 is 0 Å². The maximum absolute atomic E-state index is 5.71. The minimum Gasteiger partial charge on any atom is -0.491 e. The summed E-state index contributed by atoms with van der Waals surface area (Å²) in [6.07, 6.45) is 1.26. The van der Waals surface area contributed by atoms with Crippen LogP contribution in [0.3, 0.4) is 0 Å². The Bertz CT molecular complexity index is 334. The van der Waals surface area contributed by atoms with Crippen LogP contribution in [0.5, 0.6) is 5.75 Å². The van der Waals surface area contributed by atoms with Crippen LogP contribution in [-0.2, 0) is 0 Å². The van der Waals surface area contributed by atoms with Crippen LogP contribution in [-0.4, -0.2) is 12.6 Å². The first kappa shape index (κ1) is 13.0. The maximum atomic E-state index is 5.71. The van der Waals surface area contributed by atoms with Crippen LogP contribution in [0, 0.1) is 6.92 Å². The highest BCUT2D eigenvalue weighted by Gasteiger charge is 2.08. The third-order valence-corrected chi connectivity index (χ3v) is 2.73. The minimum absolute atomic E-state index is 0.228. The highest BCUT2D eigenvalue weighted by molar-refractivity contribution is 5.37. The molecule has 0 aliphatic carbocycles. The molecule has 0 amide bonds. The van der Waals surface area contributed by atoms with Gasteiger partial charge >= 0.3 is 0 Å². The van der Waals surface area contributed by atoms with Crippen LogP contribution in [0.15, 0.2) is 18.2 Å². The second kappa shape index (κ2) is 5.90. The Morgan fingerprint density at radius 1 is 1.25 bits per heavy atom. The molecule has 1 aromatic carbocycles. The van der Waals surface area contributed by atoms with Crippen LogP contribution in [0.1, 0.15) is 44.2 Å². The van der Waals surface area contributed by atoms with Gasteiger partial charge in [0.15, 0.2) is 0 Å². The lowest BCUT2D eigenvalue weighted by atomic mass is 9.96. The highest BCUT2D eigenvalue weighted by atomic mass is 16.5. The summed E-state index contributed by atoms with van der Waals surface area (Å²) < 4.78 is 5.71. The van der Waals surface area contributed by atoms with Crippen LogP contribution in [0.25, 0.3) is 0 Å². The van der Waals surface area contributed by atoms with E-state index < -0.39 is 0 Å². The summed E-state index contributed by atoms with van der Waals surface area (Å²) in [7, 11) is 0. The van der Waals surface area contributed by atoms with E-state index >= 15 is 0 Å². The van der Waals surface area contributed by atoms with Crippen molar-refractivity contribution in [3.63, 3.8) is 0 Å². The van der Waals surface area contributed by atoms with Crippen molar-refractivity contribution in [1.29, 1.82) is 0 Å². The minimum atomic E-state index is 0.228. The van der Waals surface area contributed by atoms with Gasteiger partial charge in [-0.2, -0.15) is 0 Å². The fraction of sp³-hybridized carbons (Fsp3) is 0.571. The molecule has 0 aliphatic heterocycles. The fourth-order valence-corrected chi connectivity index (χ4v) is 1.78. The zero-order chi connectivity index (χ0) is 12.1. The van der Waals surface area contributed by atoms with Crippen LogP contribution in [0.2, 0.25) is 0 Å². The Kier molecular flexibility index (Phi) is 4.81. The second-order valence-electron chi connectivity index (χ2n) is 4.67. The average Bonchev–Trinajstić information content (AvgIpc) is 2.20. The molecule has 2 N–H and O–H groups in total. The SMILES string of the molecule is Cc1cc(C(C)CCN)ccc1OC(C)C. The summed E-state index contributed by atoms with van der Waals surface area (Å²) in [4.78, 5) is 0. The van der Waals surface area contributed by atoms with Gasteiger partial charge in [0.2, 0.25) is 0 Å². The molecule has 2 heteroatoms. The van der Waals surface area contributed by atoms with Gasteiger partial charge in [0.25, 0.3) is 0 Å². The van der Waals surface area contributed by atoms with Gasteiger partial charge in [-0.25, -0.2) is 0 Å². The Labute approximate surface area is 98.8 Å². The molecule has 1 aromatic rings. The largest absolute Gasteiger partial charge is 0.491 e. The standard InChI is InChI=1S/C14H23NO/c1-10(2)16-14-6-5-13(9-12(14)4)11(3)7-8-15/h5-6,9-11H,7-8,15H2,1-4H3. The molecule has 1 atom stereocenters. The fourth-order valence-electron chi connectivity index (χ4n) is 1.78. The van der Waals surface area contributed by atoms with Gasteiger partial charge in [0.1, 0.15) is 5.75 Å². The summed E-state index contributed by atoms with van der Waals surface area (Å²) in [6.45, 7) is 9.14. The molecule has 0 saturated heterocycles. The maximum Gasteiger partial charge on any atom is 0.122 e. The van der Waals surface area contributed by atoms with E-state index in [0.29, 0.717) is 5.92 Å². The highest BCUT2D eigenvalue weighted by Crippen LogP contribution is 2.25. The van der Waals surface area contributed by atoms with Gasteiger partial charge < -0.3 is 10.5 Å². The number of hydrogen-bond acceptors (Lipinski definition) is 2. The van der Waals surface area contributed by atoms with Crippen molar-refractivity contribution in [3.05, 3.63) is 29.3 Å². The summed E-state index contributed by atoms with van der Waals surface area (Å²) >= 11 is 0. The molecule has 0 saturated carbocycles. The van der Waals surface area contributed by atoms with Gasteiger partial charge in [0, 0.05) is 0 Å². The molecule has 2 nitrogen and oxygen atoms in total. The van der Waals surface area contributed by atoms with E-state index in [1.54, 1.807) is 0 Å². The van der Waals surface area contributed by atoms with Crippen molar-refractivity contribution in [3.8, 4) is 5.75 Å². The normalized spacial score (nSPS) is 12.9. The molecule has 16 heavy (non-hydrogen) atoms. The Hall–Kier alpha value is -1.02. The van der Waals surface area contributed by atoms with E-state index in [0.717, 1.165) is 18.7 Å². The van der Waals surface area contributed by atoms with Gasteiger partial charge in [0.05, 0.1) is 6.10 Å². The van der Waals surface area contributed by atoms with Crippen molar-refractivity contribution in [2.24, 2.45) is 5.73 Å². The molecule has 0 radical (unpaired) electrons. The Morgan fingerprint density at radius 3 is 2.44 bits per heavy atom. The van der Waals surface area contributed by atoms with Crippen molar-refractivity contribution in [2.75, 3.05) is 6.54 Å². The van der Waals surface area contributed by atoms with E-state index in [9.17, 15) is 0 Å². The third kappa shape index (κ3) is 3.53. The molecular formula is C14H23NO. The summed E-state index contributed by atoms with van der Waals surface area (Å²) in [6, 6.07) is 6.42. The zero-order valence-corrected chi connectivity index (χ0v) is 10.8. The summed E-state index contributed by atoms with van der Waals surface area (Å²) in [5, 5.41) is 0. The molecular weight excluding hydrogens is 198 g/mol. The lowest BCUT2D eigenvalue weighted by Crippen LogP contribution is -2.08. The van der Waals surface area contributed by atoms with E-state index in [1.165, 1.54) is 11.1 Å². The molecule has 0 spiro atoms. The number of nitrogens with two attached hydrogens (primary N) is 1. The Balaban J connectivity index is 2.82. The average molecular weight is 221 g/mol. The van der Waals surface area contributed by atoms with E-state index in [-0.39, 0.29) is 6.10 Å². The number of hydrogen-bond donors (Lipinski definition) is 1. The van der Waals surface area contributed by atoms with E-state index in [1.807, 2.05) is 13.8 Å². The number of ether oxygens (including phenoxy) is 1. The number of benzene rings is 1. The van der Waals surface area contributed by atoms with Crippen molar-refractivity contribution >= 4 is 0 Å². The number of rotatable bonds is 5. The molecule has 0 bridgehead atoms. The first-order valence-electron chi connectivity index (χ1n) is 6.02. The van der Waals surface area contributed by atoms with Gasteiger partial charge in [-0.3, -0.25) is 0 Å². The lowest BCUT2D eigenvalue weighted by Gasteiger charge is -2.16. The van der Waals surface area contributed by atoms with Gasteiger partial charge in [-0.1, -0.05) is 19.1 Å². The molecule has 0 fully saturated rings. The zero-order valence-electron chi connectivity index (χ0n) is 10.8. The number of aryl methyl sites for hydroxylation is 1. The third-order valence-electron chi connectivity index (χ3n) is 2.73. The van der Waals surface area contributed by atoms with E-state index in [2.05, 4.69) is 32.0 Å². The Morgan fingerprint density at radius 2 is 1.94 bits per heavy atom. The predicted molar refractivity (Wildman–Crippen MR) is 69.0 cm³/mol. The second-order valence-corrected chi connectivity index (χ2v) is 4.67.